The first-order valence-corrected chi connectivity index (χ1v) is 11.9. The van der Waals surface area contributed by atoms with E-state index in [-0.39, 0.29) is 11.3 Å². The zero-order valence-corrected chi connectivity index (χ0v) is 20.3. The van der Waals surface area contributed by atoms with Crippen LogP contribution in [0.5, 0.6) is 5.75 Å². The Morgan fingerprint density at radius 2 is 1.75 bits per heavy atom. The fourth-order valence-corrected chi connectivity index (χ4v) is 4.00. The van der Waals surface area contributed by atoms with E-state index in [4.69, 9.17) is 4.74 Å². The van der Waals surface area contributed by atoms with Gasteiger partial charge in [0.2, 0.25) is 5.91 Å². The van der Waals surface area contributed by atoms with Gasteiger partial charge in [0.25, 0.3) is 0 Å². The van der Waals surface area contributed by atoms with E-state index in [1.807, 2.05) is 28.8 Å². The normalized spacial score (nSPS) is 11.4. The molecule has 0 aliphatic heterocycles. The van der Waals surface area contributed by atoms with Crippen LogP contribution in [0.25, 0.3) is 17.1 Å². The summed E-state index contributed by atoms with van der Waals surface area (Å²) in [6.45, 7) is 9.40. The van der Waals surface area contributed by atoms with E-state index in [0.717, 1.165) is 35.7 Å². The monoisotopic (exact) mass is 452 g/mol. The lowest BCUT2D eigenvalue weighted by Crippen LogP contribution is -2.26. The topological polar surface area (TPSA) is 69.0 Å². The third-order valence-electron chi connectivity index (χ3n) is 5.16. The lowest BCUT2D eigenvalue weighted by Gasteiger charge is -2.19. The first-order chi connectivity index (χ1) is 15.3. The van der Waals surface area contributed by atoms with Gasteiger partial charge in [-0.25, -0.2) is 0 Å². The first kappa shape index (κ1) is 23.9. The van der Waals surface area contributed by atoms with Crippen molar-refractivity contribution in [2.75, 3.05) is 19.4 Å². The molecule has 1 heterocycles. The molecule has 1 aromatic heterocycles. The molecule has 0 aliphatic rings. The summed E-state index contributed by atoms with van der Waals surface area (Å²) in [5.41, 5.74) is 3.23. The van der Waals surface area contributed by atoms with E-state index >= 15 is 0 Å². The number of methoxy groups -OCH3 is 1. The average Bonchev–Trinajstić information content (AvgIpc) is 3.21. The van der Waals surface area contributed by atoms with Gasteiger partial charge in [-0.3, -0.25) is 9.36 Å². The van der Waals surface area contributed by atoms with Gasteiger partial charge in [0.1, 0.15) is 5.75 Å². The molecule has 0 saturated heterocycles. The molecular weight excluding hydrogens is 420 g/mol. The average molecular weight is 453 g/mol. The quantitative estimate of drug-likeness (QED) is 0.355. The number of carbonyl (C=O) groups is 1. The number of benzene rings is 2. The van der Waals surface area contributed by atoms with E-state index < -0.39 is 0 Å². The standard InChI is InChI=1S/C25H32N4O2S/c1-6-7-16-26-22(30)17-32-24-28-27-23(18-8-10-19(11-9-18)25(2,3)4)29(24)20-12-14-21(31-5)15-13-20/h8-15H,6-7,16-17H2,1-5H3,(H,26,30). The fraction of sp³-hybridized carbons (Fsp3) is 0.400. The number of unbranched alkanes of at least 4 members (excludes halogenated alkanes) is 1. The number of hydrogen-bond acceptors (Lipinski definition) is 5. The van der Waals surface area contributed by atoms with Gasteiger partial charge in [0.05, 0.1) is 12.9 Å². The Morgan fingerprint density at radius 3 is 2.34 bits per heavy atom. The molecule has 0 atom stereocenters. The third kappa shape index (κ3) is 5.91. The van der Waals surface area contributed by atoms with Crippen molar-refractivity contribution in [2.45, 2.75) is 51.1 Å². The van der Waals surface area contributed by atoms with Gasteiger partial charge in [-0.2, -0.15) is 0 Å². The van der Waals surface area contributed by atoms with E-state index in [1.54, 1.807) is 7.11 Å². The van der Waals surface area contributed by atoms with Gasteiger partial charge < -0.3 is 10.1 Å². The number of carbonyl (C=O) groups excluding carboxylic acids is 1. The Labute approximate surface area is 194 Å². The molecule has 0 saturated carbocycles. The highest BCUT2D eigenvalue weighted by molar-refractivity contribution is 7.99. The highest BCUT2D eigenvalue weighted by Gasteiger charge is 2.19. The molecule has 0 unspecified atom stereocenters. The van der Waals surface area contributed by atoms with Crippen molar-refractivity contribution in [1.29, 1.82) is 0 Å². The Kier molecular flexibility index (Phi) is 7.96. The summed E-state index contributed by atoms with van der Waals surface area (Å²) in [5, 5.41) is 12.5. The van der Waals surface area contributed by atoms with Crippen LogP contribution in [0, 0.1) is 0 Å². The summed E-state index contributed by atoms with van der Waals surface area (Å²) in [6.07, 6.45) is 2.03. The summed E-state index contributed by atoms with van der Waals surface area (Å²) in [4.78, 5) is 12.2. The number of nitrogens with one attached hydrogen (secondary N) is 1. The minimum atomic E-state index is 0.00353. The summed E-state index contributed by atoms with van der Waals surface area (Å²) in [5.74, 6) is 1.82. The van der Waals surface area contributed by atoms with Crippen LogP contribution in [-0.4, -0.2) is 40.1 Å². The molecule has 1 amide bonds. The molecule has 2 aromatic carbocycles. The maximum atomic E-state index is 12.2. The predicted molar refractivity (Wildman–Crippen MR) is 131 cm³/mol. The van der Waals surface area contributed by atoms with Crippen LogP contribution in [0.1, 0.15) is 46.1 Å². The van der Waals surface area contributed by atoms with Crippen molar-refractivity contribution in [3.63, 3.8) is 0 Å². The smallest absolute Gasteiger partial charge is 0.230 e. The summed E-state index contributed by atoms with van der Waals surface area (Å²) >= 11 is 1.39. The van der Waals surface area contributed by atoms with Crippen molar-refractivity contribution in [1.82, 2.24) is 20.1 Å². The van der Waals surface area contributed by atoms with Crippen molar-refractivity contribution < 1.29 is 9.53 Å². The van der Waals surface area contributed by atoms with Gasteiger partial charge in [0, 0.05) is 17.8 Å². The number of aromatic nitrogens is 3. The van der Waals surface area contributed by atoms with Crippen LogP contribution in [-0.2, 0) is 10.2 Å². The zero-order valence-electron chi connectivity index (χ0n) is 19.5. The molecule has 0 fully saturated rings. The molecule has 1 N–H and O–H groups in total. The minimum Gasteiger partial charge on any atom is -0.497 e. The highest BCUT2D eigenvalue weighted by Crippen LogP contribution is 2.30. The van der Waals surface area contributed by atoms with Crippen LogP contribution < -0.4 is 10.1 Å². The van der Waals surface area contributed by atoms with E-state index in [2.05, 4.69) is 67.5 Å². The Bertz CT molecular complexity index is 1020. The highest BCUT2D eigenvalue weighted by atomic mass is 32.2. The molecule has 0 radical (unpaired) electrons. The molecule has 3 rings (SSSR count). The van der Waals surface area contributed by atoms with Crippen LogP contribution in [0.4, 0.5) is 0 Å². The lowest BCUT2D eigenvalue weighted by molar-refractivity contribution is -0.118. The number of ether oxygens (including phenoxy) is 1. The summed E-state index contributed by atoms with van der Waals surface area (Å²) in [7, 11) is 1.65. The molecule has 0 bridgehead atoms. The molecule has 170 valence electrons. The Hall–Kier alpha value is -2.80. The molecule has 7 heteroatoms. The minimum absolute atomic E-state index is 0.00353. The maximum absolute atomic E-state index is 12.2. The van der Waals surface area contributed by atoms with Crippen LogP contribution in [0.3, 0.4) is 0 Å². The fourth-order valence-electron chi connectivity index (χ4n) is 3.22. The van der Waals surface area contributed by atoms with Crippen molar-refractivity contribution in [2.24, 2.45) is 0 Å². The Balaban J connectivity index is 1.92. The second-order valence-electron chi connectivity index (χ2n) is 8.66. The second-order valence-corrected chi connectivity index (χ2v) is 9.60. The summed E-state index contributed by atoms with van der Waals surface area (Å²) < 4.78 is 7.30. The number of thioether (sulfide) groups is 1. The van der Waals surface area contributed by atoms with E-state index in [1.165, 1.54) is 17.3 Å². The Morgan fingerprint density at radius 1 is 1.06 bits per heavy atom. The molecule has 0 aliphatic carbocycles. The van der Waals surface area contributed by atoms with Gasteiger partial charge >= 0.3 is 0 Å². The van der Waals surface area contributed by atoms with Gasteiger partial charge in [0.15, 0.2) is 11.0 Å². The SMILES string of the molecule is CCCCNC(=O)CSc1nnc(-c2ccc(C(C)(C)C)cc2)n1-c1ccc(OC)cc1. The van der Waals surface area contributed by atoms with Crippen molar-refractivity contribution in [3.05, 3.63) is 54.1 Å². The number of amides is 1. The van der Waals surface area contributed by atoms with Gasteiger partial charge in [-0.05, 0) is 41.7 Å². The maximum Gasteiger partial charge on any atom is 0.230 e. The predicted octanol–water partition coefficient (Wildman–Crippen LogP) is 5.25. The van der Waals surface area contributed by atoms with E-state index in [9.17, 15) is 4.79 Å². The van der Waals surface area contributed by atoms with Crippen LogP contribution >= 0.6 is 11.8 Å². The van der Waals surface area contributed by atoms with Gasteiger partial charge in [-0.1, -0.05) is 70.1 Å². The molecular formula is C25H32N4O2S. The van der Waals surface area contributed by atoms with Crippen molar-refractivity contribution in [3.8, 4) is 22.8 Å². The number of hydrogen-bond donors (Lipinski definition) is 1. The zero-order chi connectivity index (χ0) is 23.1. The summed E-state index contributed by atoms with van der Waals surface area (Å²) in [6, 6.07) is 16.2. The van der Waals surface area contributed by atoms with Gasteiger partial charge in [-0.15, -0.1) is 10.2 Å². The first-order valence-electron chi connectivity index (χ1n) is 10.9. The van der Waals surface area contributed by atoms with E-state index in [0.29, 0.717) is 17.5 Å². The molecule has 0 spiro atoms. The second kappa shape index (κ2) is 10.7. The lowest BCUT2D eigenvalue weighted by atomic mass is 9.87. The number of rotatable bonds is 9. The van der Waals surface area contributed by atoms with Crippen LogP contribution in [0.15, 0.2) is 53.7 Å². The molecule has 32 heavy (non-hydrogen) atoms. The molecule has 3 aromatic rings. The van der Waals surface area contributed by atoms with Crippen molar-refractivity contribution >= 4 is 17.7 Å². The molecule has 6 nitrogen and oxygen atoms in total. The number of nitrogens with zero attached hydrogens (tertiary/aromatic N) is 3. The van der Waals surface area contributed by atoms with Crippen LogP contribution in [0.2, 0.25) is 0 Å². The third-order valence-corrected chi connectivity index (χ3v) is 6.09. The largest absolute Gasteiger partial charge is 0.497 e.